The Hall–Kier alpha value is -1.57. The lowest BCUT2D eigenvalue weighted by Gasteiger charge is -2.31. The Labute approximate surface area is 121 Å². The van der Waals surface area contributed by atoms with Gasteiger partial charge in [-0.2, -0.15) is 5.26 Å². The van der Waals surface area contributed by atoms with Crippen molar-refractivity contribution in [1.82, 2.24) is 4.90 Å². The molecule has 4 heteroatoms. The van der Waals surface area contributed by atoms with Crippen molar-refractivity contribution in [2.45, 2.75) is 19.3 Å². The molecule has 0 bridgehead atoms. The summed E-state index contributed by atoms with van der Waals surface area (Å²) in [6, 6.07) is 9.38. The first kappa shape index (κ1) is 14.8. The van der Waals surface area contributed by atoms with Gasteiger partial charge in [0.05, 0.1) is 11.6 Å². The number of benzene rings is 1. The van der Waals surface area contributed by atoms with Gasteiger partial charge in [0.2, 0.25) is 0 Å². The first-order valence-electron chi connectivity index (χ1n) is 7.37. The third-order valence-electron chi connectivity index (χ3n) is 3.94. The van der Waals surface area contributed by atoms with Crippen LogP contribution in [-0.4, -0.2) is 37.7 Å². The minimum atomic E-state index is 0.666. The summed E-state index contributed by atoms with van der Waals surface area (Å²) in [4.78, 5) is 2.46. The topological polar surface area (TPSA) is 62.3 Å². The van der Waals surface area contributed by atoms with Gasteiger partial charge < -0.3 is 10.5 Å². The van der Waals surface area contributed by atoms with Gasteiger partial charge in [-0.25, -0.2) is 0 Å². The summed E-state index contributed by atoms with van der Waals surface area (Å²) >= 11 is 0. The highest BCUT2D eigenvalue weighted by atomic mass is 16.5. The van der Waals surface area contributed by atoms with Crippen molar-refractivity contribution in [3.8, 4) is 11.8 Å². The second kappa shape index (κ2) is 7.88. The zero-order valence-electron chi connectivity index (χ0n) is 11.9. The average Bonchev–Trinajstić information content (AvgIpc) is 2.50. The molecule has 0 amide bonds. The van der Waals surface area contributed by atoms with Crippen molar-refractivity contribution in [2.24, 2.45) is 11.7 Å². The number of hydrogen-bond donors (Lipinski definition) is 1. The molecule has 0 saturated carbocycles. The van der Waals surface area contributed by atoms with E-state index in [1.165, 1.54) is 12.8 Å². The van der Waals surface area contributed by atoms with Crippen LogP contribution >= 0.6 is 0 Å². The van der Waals surface area contributed by atoms with Crippen molar-refractivity contribution in [3.05, 3.63) is 29.8 Å². The molecule has 0 atom stereocenters. The van der Waals surface area contributed by atoms with Gasteiger partial charge in [-0.05, 0) is 69.1 Å². The van der Waals surface area contributed by atoms with E-state index in [1.807, 2.05) is 12.1 Å². The van der Waals surface area contributed by atoms with Gasteiger partial charge in [-0.1, -0.05) is 0 Å². The Morgan fingerprint density at radius 3 is 2.55 bits per heavy atom. The molecule has 1 aliphatic rings. The molecule has 1 aliphatic heterocycles. The molecule has 0 aromatic heterocycles. The first-order chi connectivity index (χ1) is 9.81. The van der Waals surface area contributed by atoms with Crippen molar-refractivity contribution in [3.63, 3.8) is 0 Å². The predicted octanol–water partition coefficient (Wildman–Crippen LogP) is 2.00. The summed E-state index contributed by atoms with van der Waals surface area (Å²) in [6.07, 6.45) is 3.68. The number of rotatable bonds is 6. The van der Waals surface area contributed by atoms with Gasteiger partial charge in [0.15, 0.2) is 0 Å². The Bertz CT molecular complexity index is 430. The SMILES string of the molecule is N#Cc1ccc(OCCN2CCC(CCN)CC2)cc1. The summed E-state index contributed by atoms with van der Waals surface area (Å²) in [5, 5.41) is 8.73. The van der Waals surface area contributed by atoms with Gasteiger partial charge in [0.1, 0.15) is 12.4 Å². The molecule has 0 aliphatic carbocycles. The van der Waals surface area contributed by atoms with Crippen LogP contribution < -0.4 is 10.5 Å². The molecule has 0 spiro atoms. The quantitative estimate of drug-likeness (QED) is 0.861. The Balaban J connectivity index is 1.65. The standard InChI is InChI=1S/C16H23N3O/c17-8-5-14-6-9-19(10-7-14)11-12-20-16-3-1-15(13-18)2-4-16/h1-4,14H,5-12,17H2. The summed E-state index contributed by atoms with van der Waals surface area (Å²) < 4.78 is 5.71. The highest BCUT2D eigenvalue weighted by Gasteiger charge is 2.18. The van der Waals surface area contributed by atoms with Gasteiger partial charge >= 0.3 is 0 Å². The molecule has 0 radical (unpaired) electrons. The molecule has 1 saturated heterocycles. The largest absolute Gasteiger partial charge is 0.492 e. The van der Waals surface area contributed by atoms with E-state index in [0.717, 1.165) is 44.3 Å². The van der Waals surface area contributed by atoms with E-state index in [4.69, 9.17) is 15.7 Å². The molecular formula is C16H23N3O. The third-order valence-corrected chi connectivity index (χ3v) is 3.94. The maximum absolute atomic E-state index is 8.73. The maximum atomic E-state index is 8.73. The Kier molecular flexibility index (Phi) is 5.85. The van der Waals surface area contributed by atoms with Crippen molar-refractivity contribution < 1.29 is 4.74 Å². The summed E-state index contributed by atoms with van der Waals surface area (Å²) in [5.41, 5.74) is 6.27. The number of piperidine rings is 1. The lowest BCUT2D eigenvalue weighted by molar-refractivity contribution is 0.152. The van der Waals surface area contributed by atoms with Gasteiger partial charge in [-0.15, -0.1) is 0 Å². The van der Waals surface area contributed by atoms with Crippen LogP contribution in [0.1, 0.15) is 24.8 Å². The Morgan fingerprint density at radius 2 is 1.95 bits per heavy atom. The van der Waals surface area contributed by atoms with E-state index in [2.05, 4.69) is 11.0 Å². The minimum Gasteiger partial charge on any atom is -0.492 e. The molecular weight excluding hydrogens is 250 g/mol. The second-order valence-corrected chi connectivity index (χ2v) is 5.35. The fourth-order valence-electron chi connectivity index (χ4n) is 2.65. The molecule has 1 aromatic carbocycles. The van der Waals surface area contributed by atoms with Crippen LogP contribution in [0.4, 0.5) is 0 Å². The van der Waals surface area contributed by atoms with Gasteiger partial charge in [0, 0.05) is 6.54 Å². The maximum Gasteiger partial charge on any atom is 0.119 e. The first-order valence-corrected chi connectivity index (χ1v) is 7.37. The van der Waals surface area contributed by atoms with Gasteiger partial charge in [0.25, 0.3) is 0 Å². The monoisotopic (exact) mass is 273 g/mol. The van der Waals surface area contributed by atoms with Crippen LogP contribution in [0.5, 0.6) is 5.75 Å². The van der Waals surface area contributed by atoms with Crippen molar-refractivity contribution >= 4 is 0 Å². The zero-order chi connectivity index (χ0) is 14.2. The van der Waals surface area contributed by atoms with Crippen LogP contribution in [0.25, 0.3) is 0 Å². The van der Waals surface area contributed by atoms with Crippen LogP contribution in [0.3, 0.4) is 0 Å². The number of nitrogens with two attached hydrogens (primary N) is 1. The smallest absolute Gasteiger partial charge is 0.119 e. The van der Waals surface area contributed by atoms with Crippen molar-refractivity contribution in [1.29, 1.82) is 5.26 Å². The van der Waals surface area contributed by atoms with E-state index in [-0.39, 0.29) is 0 Å². The predicted molar refractivity (Wildman–Crippen MR) is 79.5 cm³/mol. The summed E-state index contributed by atoms with van der Waals surface area (Å²) in [7, 11) is 0. The molecule has 2 rings (SSSR count). The van der Waals surface area contributed by atoms with Crippen LogP contribution in [0, 0.1) is 17.2 Å². The lowest BCUT2D eigenvalue weighted by Crippen LogP contribution is -2.36. The molecule has 0 unspecified atom stereocenters. The molecule has 1 heterocycles. The average molecular weight is 273 g/mol. The van der Waals surface area contributed by atoms with E-state index in [0.29, 0.717) is 12.2 Å². The molecule has 4 nitrogen and oxygen atoms in total. The Morgan fingerprint density at radius 1 is 1.25 bits per heavy atom. The lowest BCUT2D eigenvalue weighted by atomic mass is 9.94. The number of ether oxygens (including phenoxy) is 1. The normalized spacial score (nSPS) is 16.8. The van der Waals surface area contributed by atoms with E-state index < -0.39 is 0 Å². The van der Waals surface area contributed by atoms with Crippen LogP contribution in [-0.2, 0) is 0 Å². The zero-order valence-corrected chi connectivity index (χ0v) is 11.9. The van der Waals surface area contributed by atoms with E-state index >= 15 is 0 Å². The third kappa shape index (κ3) is 4.52. The highest BCUT2D eigenvalue weighted by molar-refractivity contribution is 5.34. The summed E-state index contributed by atoms with van der Waals surface area (Å²) in [5.74, 6) is 1.65. The van der Waals surface area contributed by atoms with E-state index in [9.17, 15) is 0 Å². The van der Waals surface area contributed by atoms with Crippen LogP contribution in [0.2, 0.25) is 0 Å². The fraction of sp³-hybridized carbons (Fsp3) is 0.562. The second-order valence-electron chi connectivity index (χ2n) is 5.35. The minimum absolute atomic E-state index is 0.666. The highest BCUT2D eigenvalue weighted by Crippen LogP contribution is 2.19. The molecule has 108 valence electrons. The number of nitriles is 1. The van der Waals surface area contributed by atoms with Crippen molar-refractivity contribution in [2.75, 3.05) is 32.8 Å². The summed E-state index contributed by atoms with van der Waals surface area (Å²) in [6.45, 7) is 4.79. The number of hydrogen-bond acceptors (Lipinski definition) is 4. The molecule has 2 N–H and O–H groups in total. The molecule has 1 aromatic rings. The van der Waals surface area contributed by atoms with Gasteiger partial charge in [-0.3, -0.25) is 4.90 Å². The fourth-order valence-corrected chi connectivity index (χ4v) is 2.65. The number of likely N-dealkylation sites (tertiary alicyclic amines) is 1. The number of nitrogens with zero attached hydrogens (tertiary/aromatic N) is 2. The molecule has 20 heavy (non-hydrogen) atoms. The van der Waals surface area contributed by atoms with Crippen LogP contribution in [0.15, 0.2) is 24.3 Å². The van der Waals surface area contributed by atoms with E-state index in [1.54, 1.807) is 12.1 Å². The molecule has 1 fully saturated rings.